The SMILES string of the molecule is COc1cc(OCCN2CCN(C)CC2)ccc1/C=C/C(=O)CC(=O)/C=C/c1ccc2c(c1)CC=C2. The molecule has 0 spiro atoms. The first-order valence-corrected chi connectivity index (χ1v) is 12.4. The predicted molar refractivity (Wildman–Crippen MR) is 144 cm³/mol. The van der Waals surface area contributed by atoms with E-state index in [2.05, 4.69) is 35.1 Å². The van der Waals surface area contributed by atoms with Crippen molar-refractivity contribution in [2.75, 3.05) is 53.5 Å². The van der Waals surface area contributed by atoms with Gasteiger partial charge in [-0.1, -0.05) is 36.4 Å². The summed E-state index contributed by atoms with van der Waals surface area (Å²) in [7, 11) is 3.73. The lowest BCUT2D eigenvalue weighted by Crippen LogP contribution is -2.45. The van der Waals surface area contributed by atoms with Gasteiger partial charge in [-0.05, 0) is 60.5 Å². The maximum absolute atomic E-state index is 12.3. The van der Waals surface area contributed by atoms with Crippen molar-refractivity contribution in [3.05, 3.63) is 76.9 Å². The molecule has 1 aliphatic heterocycles. The summed E-state index contributed by atoms with van der Waals surface area (Å²) in [6.07, 6.45) is 11.3. The van der Waals surface area contributed by atoms with E-state index >= 15 is 0 Å². The summed E-state index contributed by atoms with van der Waals surface area (Å²) in [6.45, 7) is 5.79. The zero-order chi connectivity index (χ0) is 25.3. The van der Waals surface area contributed by atoms with Gasteiger partial charge in [-0.15, -0.1) is 0 Å². The van der Waals surface area contributed by atoms with Crippen molar-refractivity contribution in [1.29, 1.82) is 0 Å². The molecule has 1 fully saturated rings. The second-order valence-corrected chi connectivity index (χ2v) is 9.24. The molecule has 0 atom stereocenters. The molecule has 6 heteroatoms. The van der Waals surface area contributed by atoms with Gasteiger partial charge in [0, 0.05) is 44.4 Å². The Labute approximate surface area is 213 Å². The van der Waals surface area contributed by atoms with E-state index in [-0.39, 0.29) is 18.0 Å². The van der Waals surface area contributed by atoms with E-state index in [1.54, 1.807) is 19.3 Å². The number of ether oxygens (including phenoxy) is 2. The summed E-state index contributed by atoms with van der Waals surface area (Å²) in [6, 6.07) is 11.7. The highest BCUT2D eigenvalue weighted by Crippen LogP contribution is 2.26. The van der Waals surface area contributed by atoms with Gasteiger partial charge in [-0.3, -0.25) is 14.5 Å². The molecular weight excluding hydrogens is 452 g/mol. The molecule has 0 unspecified atom stereocenters. The number of benzene rings is 2. The Balaban J connectivity index is 1.25. The zero-order valence-corrected chi connectivity index (χ0v) is 21.1. The van der Waals surface area contributed by atoms with Gasteiger partial charge in [-0.2, -0.15) is 0 Å². The van der Waals surface area contributed by atoms with Crippen LogP contribution >= 0.6 is 0 Å². The molecule has 6 nitrogen and oxygen atoms in total. The smallest absolute Gasteiger partial charge is 0.163 e. The molecule has 0 aromatic heterocycles. The number of piperazine rings is 1. The number of allylic oxidation sites excluding steroid dienone is 3. The van der Waals surface area contributed by atoms with E-state index in [0.717, 1.165) is 56.0 Å². The van der Waals surface area contributed by atoms with Gasteiger partial charge in [0.1, 0.15) is 18.1 Å². The van der Waals surface area contributed by atoms with Crippen LogP contribution in [-0.4, -0.2) is 74.9 Å². The number of hydrogen-bond donors (Lipinski definition) is 0. The summed E-state index contributed by atoms with van der Waals surface area (Å²) in [5.41, 5.74) is 4.19. The second kappa shape index (κ2) is 12.5. The van der Waals surface area contributed by atoms with Crippen LogP contribution in [0.2, 0.25) is 0 Å². The Morgan fingerprint density at radius 3 is 2.53 bits per heavy atom. The van der Waals surface area contributed by atoms with Crippen molar-refractivity contribution in [3.63, 3.8) is 0 Å². The van der Waals surface area contributed by atoms with Crippen LogP contribution in [0.25, 0.3) is 18.2 Å². The first-order chi connectivity index (χ1) is 17.5. The largest absolute Gasteiger partial charge is 0.496 e. The van der Waals surface area contributed by atoms with Crippen LogP contribution in [0.3, 0.4) is 0 Å². The maximum atomic E-state index is 12.3. The lowest BCUT2D eigenvalue weighted by Gasteiger charge is -2.32. The van der Waals surface area contributed by atoms with Crippen LogP contribution in [-0.2, 0) is 16.0 Å². The number of nitrogens with zero attached hydrogens (tertiary/aromatic N) is 2. The van der Waals surface area contributed by atoms with Gasteiger partial charge in [0.15, 0.2) is 11.6 Å². The molecule has 188 valence electrons. The summed E-state index contributed by atoms with van der Waals surface area (Å²) in [5.74, 6) is 0.872. The van der Waals surface area contributed by atoms with E-state index in [9.17, 15) is 9.59 Å². The average Bonchev–Trinajstić information content (AvgIpc) is 3.36. The Morgan fingerprint density at radius 2 is 1.75 bits per heavy atom. The van der Waals surface area contributed by atoms with Crippen molar-refractivity contribution in [2.24, 2.45) is 0 Å². The normalized spacial score (nSPS) is 16.1. The first kappa shape index (κ1) is 25.6. The van der Waals surface area contributed by atoms with Crippen LogP contribution < -0.4 is 9.47 Å². The van der Waals surface area contributed by atoms with Gasteiger partial charge in [0.2, 0.25) is 0 Å². The fraction of sp³-hybridized carbons (Fsp3) is 0.333. The lowest BCUT2D eigenvalue weighted by molar-refractivity contribution is -0.121. The van der Waals surface area contributed by atoms with Crippen LogP contribution in [0, 0.1) is 0 Å². The molecule has 2 aliphatic rings. The molecule has 1 aliphatic carbocycles. The number of carbonyl (C=O) groups excluding carboxylic acids is 2. The number of rotatable bonds is 11. The van der Waals surface area contributed by atoms with E-state index < -0.39 is 0 Å². The summed E-state index contributed by atoms with van der Waals surface area (Å²) in [5, 5.41) is 0. The lowest BCUT2D eigenvalue weighted by atomic mass is 10.0. The van der Waals surface area contributed by atoms with Crippen LogP contribution in [0.4, 0.5) is 0 Å². The highest BCUT2D eigenvalue weighted by Gasteiger charge is 2.13. The van der Waals surface area contributed by atoms with Crippen LogP contribution in [0.15, 0.2) is 54.6 Å². The third-order valence-corrected chi connectivity index (χ3v) is 6.54. The molecule has 4 rings (SSSR count). The fourth-order valence-corrected chi connectivity index (χ4v) is 4.33. The minimum absolute atomic E-state index is 0.171. The standard InChI is InChI=1S/C30H34N2O4/c1-31-14-16-32(17-15-31)18-19-36-29-13-10-25(30(22-29)35-2)9-12-28(34)21-27(33)11-7-23-6-8-24-4-3-5-26(24)20-23/h3-4,6-13,20,22H,5,14-19,21H2,1-2H3/b11-7+,12-9+. The number of likely N-dealkylation sites (N-methyl/N-ethyl adjacent to an activating group) is 1. The van der Waals surface area contributed by atoms with Crippen molar-refractivity contribution < 1.29 is 19.1 Å². The van der Waals surface area contributed by atoms with E-state index in [1.165, 1.54) is 23.3 Å². The topological polar surface area (TPSA) is 59.1 Å². The second-order valence-electron chi connectivity index (χ2n) is 9.24. The molecule has 2 aromatic carbocycles. The third-order valence-electron chi connectivity index (χ3n) is 6.54. The number of carbonyl (C=O) groups is 2. The van der Waals surface area contributed by atoms with E-state index in [4.69, 9.17) is 9.47 Å². The van der Waals surface area contributed by atoms with Crippen molar-refractivity contribution in [1.82, 2.24) is 9.80 Å². The first-order valence-electron chi connectivity index (χ1n) is 12.4. The molecular formula is C30H34N2O4. The quantitative estimate of drug-likeness (QED) is 0.351. The highest BCUT2D eigenvalue weighted by molar-refractivity contribution is 6.11. The predicted octanol–water partition coefficient (Wildman–Crippen LogP) is 4.15. The van der Waals surface area contributed by atoms with Gasteiger partial charge >= 0.3 is 0 Å². The third kappa shape index (κ3) is 7.26. The Morgan fingerprint density at radius 1 is 0.972 bits per heavy atom. The molecule has 36 heavy (non-hydrogen) atoms. The van der Waals surface area contributed by atoms with Gasteiger partial charge in [0.05, 0.1) is 13.5 Å². The zero-order valence-electron chi connectivity index (χ0n) is 21.1. The summed E-state index contributed by atoms with van der Waals surface area (Å²) >= 11 is 0. The molecule has 0 radical (unpaired) electrons. The molecule has 0 saturated carbocycles. The van der Waals surface area contributed by atoms with Crippen molar-refractivity contribution in [3.8, 4) is 11.5 Å². The average molecular weight is 487 g/mol. The molecule has 0 amide bonds. The highest BCUT2D eigenvalue weighted by atomic mass is 16.5. The summed E-state index contributed by atoms with van der Waals surface area (Å²) < 4.78 is 11.4. The minimum atomic E-state index is -0.252. The minimum Gasteiger partial charge on any atom is -0.496 e. The van der Waals surface area contributed by atoms with Crippen molar-refractivity contribution in [2.45, 2.75) is 12.8 Å². The van der Waals surface area contributed by atoms with E-state index in [0.29, 0.717) is 12.4 Å². The molecule has 0 bridgehead atoms. The number of ketones is 2. The maximum Gasteiger partial charge on any atom is 0.163 e. The van der Waals surface area contributed by atoms with Gasteiger partial charge in [-0.25, -0.2) is 0 Å². The van der Waals surface area contributed by atoms with Gasteiger partial charge in [0.25, 0.3) is 0 Å². The number of methoxy groups -OCH3 is 1. The summed E-state index contributed by atoms with van der Waals surface area (Å²) in [4.78, 5) is 29.4. The molecule has 2 aromatic rings. The Kier molecular flexibility index (Phi) is 8.87. The monoisotopic (exact) mass is 486 g/mol. The van der Waals surface area contributed by atoms with Crippen LogP contribution in [0.5, 0.6) is 11.5 Å². The fourth-order valence-electron chi connectivity index (χ4n) is 4.33. The Hall–Kier alpha value is -3.48. The molecule has 1 saturated heterocycles. The number of hydrogen-bond acceptors (Lipinski definition) is 6. The molecule has 0 N–H and O–H groups in total. The van der Waals surface area contributed by atoms with Crippen molar-refractivity contribution >= 4 is 29.8 Å². The molecule has 1 heterocycles. The van der Waals surface area contributed by atoms with Crippen LogP contribution in [0.1, 0.15) is 28.7 Å². The Bertz CT molecular complexity index is 1170. The van der Waals surface area contributed by atoms with Gasteiger partial charge < -0.3 is 14.4 Å². The van der Waals surface area contributed by atoms with E-state index in [1.807, 2.05) is 30.3 Å². The number of fused-ring (bicyclic) bond motifs is 1.